The number of carbonyl (C=O) groups is 3. The molecule has 6 aliphatic rings. The highest BCUT2D eigenvalue weighted by Crippen LogP contribution is 2.68. The van der Waals surface area contributed by atoms with Gasteiger partial charge in [0.1, 0.15) is 34.2 Å². The number of aliphatic hydroxyl groups is 3. The Balaban J connectivity index is 1.59. The number of phenolic OH excluding ortho intramolecular Hbond substituents is 1. The van der Waals surface area contributed by atoms with Crippen molar-refractivity contribution in [3.8, 4) is 17.2 Å². The first-order chi connectivity index (χ1) is 22.6. The lowest BCUT2D eigenvalue weighted by Gasteiger charge is -2.56. The molecule has 0 radical (unpaired) electrons. The van der Waals surface area contributed by atoms with E-state index in [2.05, 4.69) is 0 Å². The van der Waals surface area contributed by atoms with E-state index in [1.165, 1.54) is 13.8 Å². The predicted octanol–water partition coefficient (Wildman–Crippen LogP) is 4.42. The SMILES string of the molecule is C/C(=C/CC12OC(C)(C)C3CC(C=C4C(=O)c5c(O)c6c(c(CC(O)C(C)(C)O)c5O[C@]431)O[C@](C)(C/C=C/C(C)(C)O)C=C6)C2=O)OC=O. The van der Waals surface area contributed by atoms with Crippen LogP contribution in [0.3, 0.4) is 0 Å². The van der Waals surface area contributed by atoms with Crippen LogP contribution in [0.1, 0.15) is 96.1 Å². The Morgan fingerprint density at radius 3 is 2.43 bits per heavy atom. The van der Waals surface area contributed by atoms with Crippen LogP contribution >= 0.6 is 0 Å². The number of ether oxygens (including phenoxy) is 4. The molecule has 4 bridgehead atoms. The number of phenols is 1. The largest absolute Gasteiger partial charge is 0.506 e. The van der Waals surface area contributed by atoms with E-state index in [0.29, 0.717) is 12.8 Å². The molecule has 1 saturated heterocycles. The van der Waals surface area contributed by atoms with Gasteiger partial charge in [-0.05, 0) is 80.0 Å². The fourth-order valence-corrected chi connectivity index (χ4v) is 8.25. The van der Waals surface area contributed by atoms with Crippen LogP contribution in [-0.4, -0.2) is 78.2 Å². The minimum absolute atomic E-state index is 0.0555. The lowest BCUT2D eigenvalue weighted by Crippen LogP contribution is -2.72. The van der Waals surface area contributed by atoms with E-state index < -0.39 is 57.3 Å². The van der Waals surface area contributed by atoms with E-state index >= 15 is 0 Å². The second-order valence-electron chi connectivity index (χ2n) is 15.9. The molecular weight excluding hydrogens is 632 g/mol. The summed E-state index contributed by atoms with van der Waals surface area (Å²) < 4.78 is 25.4. The number of benzene rings is 1. The highest BCUT2D eigenvalue weighted by Gasteiger charge is 2.81. The molecule has 1 aromatic carbocycles. The van der Waals surface area contributed by atoms with Crippen LogP contribution < -0.4 is 9.47 Å². The first-order valence-electron chi connectivity index (χ1n) is 16.7. The third-order valence-electron chi connectivity index (χ3n) is 10.7. The molecule has 4 unspecified atom stereocenters. The van der Waals surface area contributed by atoms with Crippen LogP contribution in [0.4, 0.5) is 0 Å². The smallest absolute Gasteiger partial charge is 0.298 e. The Hall–Kier alpha value is -3.77. The first-order valence-corrected chi connectivity index (χ1v) is 16.7. The van der Waals surface area contributed by atoms with E-state index in [4.69, 9.17) is 18.9 Å². The van der Waals surface area contributed by atoms with Gasteiger partial charge in [-0.1, -0.05) is 18.2 Å². The summed E-state index contributed by atoms with van der Waals surface area (Å²) in [6.45, 7) is 13.6. The molecule has 7 rings (SSSR count). The number of aliphatic hydroxyl groups excluding tert-OH is 1. The number of rotatable bonds is 10. The van der Waals surface area contributed by atoms with E-state index in [1.54, 1.807) is 57.2 Å². The molecule has 4 N–H and O–H groups in total. The van der Waals surface area contributed by atoms with Crippen molar-refractivity contribution in [3.63, 3.8) is 0 Å². The molecule has 11 nitrogen and oxygen atoms in total. The highest BCUT2D eigenvalue weighted by molar-refractivity contribution is 6.19. The minimum Gasteiger partial charge on any atom is -0.506 e. The molecule has 1 aromatic rings. The maximum atomic E-state index is 14.8. The van der Waals surface area contributed by atoms with Crippen LogP contribution in [-0.2, 0) is 25.5 Å². The van der Waals surface area contributed by atoms with Crippen LogP contribution in [0.5, 0.6) is 17.2 Å². The Bertz CT molecular complexity index is 1750. The lowest BCUT2D eigenvalue weighted by atomic mass is 9.51. The van der Waals surface area contributed by atoms with E-state index in [0.717, 1.165) is 0 Å². The Morgan fingerprint density at radius 1 is 1.10 bits per heavy atom. The molecule has 0 amide bonds. The van der Waals surface area contributed by atoms with Gasteiger partial charge in [-0.3, -0.25) is 14.4 Å². The van der Waals surface area contributed by atoms with Gasteiger partial charge >= 0.3 is 0 Å². The lowest BCUT2D eigenvalue weighted by molar-refractivity contribution is -0.171. The molecule has 264 valence electrons. The van der Waals surface area contributed by atoms with Gasteiger partial charge in [0.15, 0.2) is 22.8 Å². The van der Waals surface area contributed by atoms with Gasteiger partial charge in [0.25, 0.3) is 6.47 Å². The van der Waals surface area contributed by atoms with Gasteiger partial charge in [0, 0.05) is 42.2 Å². The predicted molar refractivity (Wildman–Crippen MR) is 178 cm³/mol. The third kappa shape index (κ3) is 5.28. The van der Waals surface area contributed by atoms with Crippen molar-refractivity contribution < 1.29 is 53.8 Å². The van der Waals surface area contributed by atoms with Crippen molar-refractivity contribution in [3.05, 3.63) is 58.4 Å². The van der Waals surface area contributed by atoms with Gasteiger partial charge in [0.2, 0.25) is 0 Å². The molecule has 49 heavy (non-hydrogen) atoms. The summed E-state index contributed by atoms with van der Waals surface area (Å²) in [6, 6.07) is 0. The molecule has 1 saturated carbocycles. The molecular formula is C38H46O11. The van der Waals surface area contributed by atoms with Crippen molar-refractivity contribution in [2.45, 2.75) is 121 Å². The van der Waals surface area contributed by atoms with Crippen LogP contribution in [0.15, 0.2) is 41.7 Å². The fourth-order valence-electron chi connectivity index (χ4n) is 8.25. The van der Waals surface area contributed by atoms with Gasteiger partial charge < -0.3 is 39.4 Å². The Labute approximate surface area is 285 Å². The highest BCUT2D eigenvalue weighted by atomic mass is 16.6. The second-order valence-corrected chi connectivity index (χ2v) is 15.9. The Kier molecular flexibility index (Phi) is 7.96. The zero-order chi connectivity index (χ0) is 36.1. The molecule has 1 spiro atoms. The van der Waals surface area contributed by atoms with Crippen molar-refractivity contribution >= 4 is 24.1 Å². The number of aromatic hydroxyl groups is 1. The van der Waals surface area contributed by atoms with Crippen LogP contribution in [0.2, 0.25) is 0 Å². The monoisotopic (exact) mass is 678 g/mol. The number of fused-ring (bicyclic) bond motifs is 2. The number of ketones is 2. The van der Waals surface area contributed by atoms with E-state index in [-0.39, 0.29) is 70.4 Å². The van der Waals surface area contributed by atoms with Gasteiger partial charge in [-0.2, -0.15) is 0 Å². The zero-order valence-corrected chi connectivity index (χ0v) is 29.2. The number of hydrogen-bond donors (Lipinski definition) is 4. The summed E-state index contributed by atoms with van der Waals surface area (Å²) in [7, 11) is 0. The maximum absolute atomic E-state index is 14.8. The molecule has 11 heteroatoms. The summed E-state index contributed by atoms with van der Waals surface area (Å²) in [5.74, 6) is -1.96. The van der Waals surface area contributed by atoms with Crippen LogP contribution in [0, 0.1) is 11.8 Å². The second kappa shape index (κ2) is 11.1. The minimum atomic E-state index is -1.69. The maximum Gasteiger partial charge on any atom is 0.298 e. The van der Waals surface area contributed by atoms with Gasteiger partial charge in [-0.15, -0.1) is 0 Å². The van der Waals surface area contributed by atoms with Gasteiger partial charge in [-0.25, -0.2) is 0 Å². The quantitative estimate of drug-likeness (QED) is 0.157. The number of Topliss-reactive ketones (excluding diaryl/α,β-unsaturated/α-hetero) is 2. The molecule has 3 heterocycles. The third-order valence-corrected chi connectivity index (χ3v) is 10.7. The summed E-state index contributed by atoms with van der Waals surface area (Å²) >= 11 is 0. The van der Waals surface area contributed by atoms with Gasteiger partial charge in [0.05, 0.1) is 28.5 Å². The zero-order valence-electron chi connectivity index (χ0n) is 29.2. The molecule has 6 atom stereocenters. The standard InChI is InChI=1S/C38H46O11/c1-20(46-19-39)10-15-37-32(43)21-16-24-29(42)27-28(41)22-11-14-36(8,13-9-12-33(2,3)44)47-30(22)23(18-26(40)34(4,5)45)31(27)48-38(24,37)25(17-21)35(6,7)49-37/h9-12,14,16,19,21,25-26,40-41,44-45H,13,15,17-18H2,1-8H3/b12-9+,20-10-/t21?,25?,26?,36-,37?,38-/m1/s1. The van der Waals surface area contributed by atoms with Crippen molar-refractivity contribution in [2.24, 2.45) is 11.8 Å². The topological polar surface area (TPSA) is 169 Å². The summed E-state index contributed by atoms with van der Waals surface area (Å²) in [5.41, 5.74) is -7.34. The number of carbonyl (C=O) groups excluding carboxylic acids is 3. The number of hydrogen-bond acceptors (Lipinski definition) is 11. The van der Waals surface area contributed by atoms with Crippen molar-refractivity contribution in [2.75, 3.05) is 0 Å². The van der Waals surface area contributed by atoms with E-state index in [9.17, 15) is 34.8 Å². The molecule has 0 aromatic heterocycles. The normalized spacial score (nSPS) is 31.8. The summed E-state index contributed by atoms with van der Waals surface area (Å²) in [6.07, 6.45) is 9.08. The van der Waals surface area contributed by atoms with E-state index in [1.807, 2.05) is 20.8 Å². The first kappa shape index (κ1) is 35.1. The molecule has 3 aliphatic heterocycles. The number of allylic oxidation sites excluding steroid dienone is 2. The van der Waals surface area contributed by atoms with Crippen LogP contribution in [0.25, 0.3) is 6.08 Å². The molecule has 3 aliphatic carbocycles. The summed E-state index contributed by atoms with van der Waals surface area (Å²) in [5, 5.41) is 44.2. The average molecular weight is 679 g/mol. The van der Waals surface area contributed by atoms with Crippen molar-refractivity contribution in [1.29, 1.82) is 0 Å². The van der Waals surface area contributed by atoms with Crippen molar-refractivity contribution in [1.82, 2.24) is 0 Å². The Morgan fingerprint density at radius 2 is 1.80 bits per heavy atom. The summed E-state index contributed by atoms with van der Waals surface area (Å²) in [4.78, 5) is 40.2. The molecule has 2 fully saturated rings. The average Bonchev–Trinajstić information content (AvgIpc) is 3.14. The fraction of sp³-hybridized carbons (Fsp3) is 0.553.